The molecule has 0 fully saturated rings. The van der Waals surface area contributed by atoms with Crippen molar-refractivity contribution in [3.05, 3.63) is 96.6 Å². The molecule has 6 aromatic rings. The van der Waals surface area contributed by atoms with Gasteiger partial charge < -0.3 is 4.98 Å². The predicted molar refractivity (Wildman–Crippen MR) is 129 cm³/mol. The Balaban J connectivity index is 1.41. The van der Waals surface area contributed by atoms with Crippen LogP contribution in [0.5, 0.6) is 0 Å². The molecule has 0 saturated carbocycles. The van der Waals surface area contributed by atoms with Gasteiger partial charge in [-0.25, -0.2) is 9.55 Å². The van der Waals surface area contributed by atoms with E-state index in [1.165, 1.54) is 5.56 Å². The summed E-state index contributed by atoms with van der Waals surface area (Å²) >= 11 is 0. The van der Waals surface area contributed by atoms with Crippen LogP contribution < -0.4 is 4.57 Å². The number of benzene rings is 2. The number of fused-ring (bicyclic) bond motifs is 6. The highest BCUT2D eigenvalue weighted by Crippen LogP contribution is 2.33. The number of aromatic amines is 1. The maximum Gasteiger partial charge on any atom is 0.169 e. The third-order valence-electron chi connectivity index (χ3n) is 5.72. The van der Waals surface area contributed by atoms with E-state index in [2.05, 4.69) is 75.6 Å². The lowest BCUT2D eigenvalue weighted by atomic mass is 10.1. The van der Waals surface area contributed by atoms with E-state index in [4.69, 9.17) is 4.98 Å². The maximum atomic E-state index is 4.95. The van der Waals surface area contributed by atoms with Crippen LogP contribution in [0.2, 0.25) is 0 Å². The molecule has 1 N–H and O–H groups in total. The van der Waals surface area contributed by atoms with Gasteiger partial charge in [0.15, 0.2) is 12.4 Å². The van der Waals surface area contributed by atoms with E-state index in [0.29, 0.717) is 0 Å². The van der Waals surface area contributed by atoms with E-state index >= 15 is 0 Å². The van der Waals surface area contributed by atoms with Gasteiger partial charge in [-0.2, -0.15) is 0 Å². The molecule has 0 amide bonds. The van der Waals surface area contributed by atoms with Crippen LogP contribution in [0.3, 0.4) is 0 Å². The normalized spacial score (nSPS) is 11.8. The minimum absolute atomic E-state index is 0.840. The molecule has 152 valence electrons. The van der Waals surface area contributed by atoms with Gasteiger partial charge in [0.1, 0.15) is 12.9 Å². The maximum absolute atomic E-state index is 4.95. The molecule has 0 atom stereocenters. The van der Waals surface area contributed by atoms with Crippen molar-refractivity contribution in [2.45, 2.75) is 0 Å². The predicted octanol–water partition coefficient (Wildman–Crippen LogP) is 5.32. The van der Waals surface area contributed by atoms with Crippen LogP contribution >= 0.6 is 0 Å². The van der Waals surface area contributed by atoms with Gasteiger partial charge in [-0.3, -0.25) is 9.97 Å². The van der Waals surface area contributed by atoms with Gasteiger partial charge in [0.2, 0.25) is 0 Å². The van der Waals surface area contributed by atoms with Gasteiger partial charge in [-0.15, -0.1) is 0 Å². The first-order valence-corrected chi connectivity index (χ1v) is 10.5. The fourth-order valence-electron chi connectivity index (χ4n) is 4.05. The minimum atomic E-state index is 0.840. The molecule has 0 aliphatic heterocycles. The van der Waals surface area contributed by atoms with Gasteiger partial charge in [0.25, 0.3) is 0 Å². The van der Waals surface area contributed by atoms with E-state index in [0.717, 1.165) is 49.8 Å². The van der Waals surface area contributed by atoms with Crippen molar-refractivity contribution in [3.8, 4) is 11.4 Å². The smallest absolute Gasteiger partial charge is 0.169 e. The number of hydrogen-bond acceptors (Lipinski definition) is 3. The zero-order chi connectivity index (χ0) is 21.5. The summed E-state index contributed by atoms with van der Waals surface area (Å²) in [6, 6.07) is 20.6. The second kappa shape index (κ2) is 7.39. The van der Waals surface area contributed by atoms with E-state index in [-0.39, 0.29) is 0 Å². The average Bonchev–Trinajstić information content (AvgIpc) is 3.30. The van der Waals surface area contributed by atoms with Gasteiger partial charge in [-0.05, 0) is 35.4 Å². The molecule has 4 aromatic heterocycles. The summed E-state index contributed by atoms with van der Waals surface area (Å²) in [5.41, 5.74) is 7.03. The Morgan fingerprint density at radius 3 is 2.06 bits per heavy atom. The Kier molecular flexibility index (Phi) is 4.25. The molecular formula is C27H20N5+. The molecule has 0 aliphatic rings. The van der Waals surface area contributed by atoms with Crippen LogP contribution in [0.1, 0.15) is 11.1 Å². The monoisotopic (exact) mass is 414 g/mol. The van der Waals surface area contributed by atoms with Crippen LogP contribution in [0.25, 0.3) is 56.4 Å². The highest BCUT2D eigenvalue weighted by atomic mass is 14.9. The number of nitrogens with one attached hydrogen (secondary N) is 1. The molecule has 0 radical (unpaired) electrons. The molecule has 4 heterocycles. The molecule has 5 nitrogen and oxygen atoms in total. The van der Waals surface area contributed by atoms with Gasteiger partial charge in [0, 0.05) is 40.9 Å². The van der Waals surface area contributed by atoms with Crippen LogP contribution in [0, 0.1) is 0 Å². The lowest BCUT2D eigenvalue weighted by Crippen LogP contribution is -2.25. The molecule has 32 heavy (non-hydrogen) atoms. The Morgan fingerprint density at radius 2 is 1.34 bits per heavy atom. The molecule has 0 unspecified atom stereocenters. The summed E-state index contributed by atoms with van der Waals surface area (Å²) in [7, 11) is 2.02. The largest absolute Gasteiger partial charge is 0.337 e. The topological polar surface area (TPSA) is 58.3 Å². The Morgan fingerprint density at radius 1 is 0.719 bits per heavy atom. The van der Waals surface area contributed by atoms with E-state index < -0.39 is 0 Å². The van der Waals surface area contributed by atoms with Crippen molar-refractivity contribution in [3.63, 3.8) is 0 Å². The number of aryl methyl sites for hydroxylation is 1. The molecule has 6 rings (SSSR count). The van der Waals surface area contributed by atoms with Crippen molar-refractivity contribution in [1.29, 1.82) is 0 Å². The second-order valence-corrected chi connectivity index (χ2v) is 7.86. The fourth-order valence-corrected chi connectivity index (χ4v) is 4.05. The molecule has 2 aromatic carbocycles. The number of hydrogen-bond donors (Lipinski definition) is 1. The summed E-state index contributed by atoms with van der Waals surface area (Å²) in [4.78, 5) is 17.6. The number of pyridine rings is 3. The molecule has 0 spiro atoms. The number of imidazole rings is 1. The zero-order valence-corrected chi connectivity index (χ0v) is 17.5. The summed E-state index contributed by atoms with van der Waals surface area (Å²) < 4.78 is 2.03. The molecule has 0 saturated heterocycles. The number of rotatable bonds is 3. The number of aromatic nitrogens is 5. The highest BCUT2D eigenvalue weighted by Gasteiger charge is 2.14. The Hall–Kier alpha value is -4.38. The minimum Gasteiger partial charge on any atom is -0.337 e. The van der Waals surface area contributed by atoms with Crippen molar-refractivity contribution in [2.75, 3.05) is 0 Å². The summed E-state index contributed by atoms with van der Waals surface area (Å²) in [6.45, 7) is 0. The quantitative estimate of drug-likeness (QED) is 0.315. The first kappa shape index (κ1) is 18.4. The third kappa shape index (κ3) is 3.11. The molecule has 5 heteroatoms. The zero-order valence-electron chi connectivity index (χ0n) is 17.5. The second-order valence-electron chi connectivity index (χ2n) is 7.86. The molecule has 0 aliphatic carbocycles. The van der Waals surface area contributed by atoms with Crippen molar-refractivity contribution in [2.24, 2.45) is 7.05 Å². The van der Waals surface area contributed by atoms with E-state index in [9.17, 15) is 0 Å². The van der Waals surface area contributed by atoms with Crippen LogP contribution in [-0.4, -0.2) is 19.9 Å². The lowest BCUT2D eigenvalue weighted by Gasteiger charge is -2.03. The fraction of sp³-hybridized carbons (Fsp3) is 0.0370. The summed E-state index contributed by atoms with van der Waals surface area (Å²) in [5, 5.41) is 2.04. The summed E-state index contributed by atoms with van der Waals surface area (Å²) in [5.74, 6) is 0.840. The van der Waals surface area contributed by atoms with Gasteiger partial charge in [-0.1, -0.05) is 36.4 Å². The number of H-pyrrole nitrogens is 1. The standard InChI is InChI=1S/C27H19N5/c1-32-16-12-19(13-17-32)7-6-18-8-10-20(11-9-18)27-30-25-21-4-2-14-28-23(21)24-22(26(25)31-27)5-3-15-29-24/h2-17H,1H3/p+1. The number of nitrogens with zero attached hydrogens (tertiary/aromatic N) is 4. The van der Waals surface area contributed by atoms with Crippen LogP contribution in [0.4, 0.5) is 0 Å². The van der Waals surface area contributed by atoms with Crippen molar-refractivity contribution in [1.82, 2.24) is 19.9 Å². The Bertz CT molecular complexity index is 1540. The van der Waals surface area contributed by atoms with Crippen molar-refractivity contribution < 1.29 is 4.57 Å². The highest BCUT2D eigenvalue weighted by molar-refractivity contribution is 6.21. The van der Waals surface area contributed by atoms with Crippen molar-refractivity contribution >= 4 is 45.0 Å². The van der Waals surface area contributed by atoms with E-state index in [1.54, 1.807) is 12.4 Å². The lowest BCUT2D eigenvalue weighted by molar-refractivity contribution is -0.671. The van der Waals surface area contributed by atoms with Gasteiger partial charge >= 0.3 is 0 Å². The Labute approximate surface area is 184 Å². The third-order valence-corrected chi connectivity index (χ3v) is 5.72. The van der Waals surface area contributed by atoms with Crippen LogP contribution in [-0.2, 0) is 7.05 Å². The first-order valence-electron chi connectivity index (χ1n) is 10.5. The molecular weight excluding hydrogens is 394 g/mol. The summed E-state index contributed by atoms with van der Waals surface area (Å²) in [6.07, 6.45) is 11.9. The van der Waals surface area contributed by atoms with Gasteiger partial charge in [0.05, 0.1) is 22.1 Å². The van der Waals surface area contributed by atoms with E-state index in [1.807, 2.05) is 36.1 Å². The van der Waals surface area contributed by atoms with Crippen LogP contribution in [0.15, 0.2) is 85.5 Å². The molecule has 0 bridgehead atoms. The first-order chi connectivity index (χ1) is 15.8. The average molecular weight is 414 g/mol. The SMILES string of the molecule is C[n+]1ccc(C=Cc2ccc(-c3nc4c5cccnc5c5ncccc5c4[nH]3)cc2)cc1.